The van der Waals surface area contributed by atoms with Gasteiger partial charge in [-0.15, -0.1) is 0 Å². The van der Waals surface area contributed by atoms with Crippen LogP contribution in [0, 0.1) is 0 Å². The number of hydrogen-bond acceptors (Lipinski definition) is 2. The van der Waals surface area contributed by atoms with Crippen molar-refractivity contribution in [2.45, 2.75) is 13.5 Å². The molecule has 0 aromatic heterocycles. The lowest BCUT2D eigenvalue weighted by Crippen LogP contribution is -2.36. The molecule has 0 fully saturated rings. The van der Waals surface area contributed by atoms with E-state index in [-0.39, 0.29) is 18.4 Å². The van der Waals surface area contributed by atoms with E-state index in [2.05, 4.69) is 5.32 Å². The Morgan fingerprint density at radius 2 is 1.68 bits per heavy atom. The standard InChI is InChI=1S/C17H17ClN2O2/c1-13(21)20(11-14-7-3-2-4-8-14)12-17(22)19-16-10-6-5-9-15(16)18/h2-10H,11-12H2,1H3,(H,19,22). The second-order valence-corrected chi connectivity index (χ2v) is 5.30. The van der Waals surface area contributed by atoms with E-state index in [1.54, 1.807) is 24.3 Å². The van der Waals surface area contributed by atoms with E-state index >= 15 is 0 Å². The molecule has 22 heavy (non-hydrogen) atoms. The van der Waals surface area contributed by atoms with E-state index in [1.165, 1.54) is 11.8 Å². The Morgan fingerprint density at radius 3 is 2.32 bits per heavy atom. The topological polar surface area (TPSA) is 49.4 Å². The Labute approximate surface area is 134 Å². The molecule has 0 aliphatic carbocycles. The SMILES string of the molecule is CC(=O)N(CC(=O)Nc1ccccc1Cl)Cc1ccccc1. The van der Waals surface area contributed by atoms with Crippen LogP contribution in [0.2, 0.25) is 5.02 Å². The van der Waals surface area contributed by atoms with Crippen molar-refractivity contribution in [1.29, 1.82) is 0 Å². The number of anilines is 1. The molecule has 0 bridgehead atoms. The fourth-order valence-corrected chi connectivity index (χ4v) is 2.19. The molecule has 0 saturated carbocycles. The van der Waals surface area contributed by atoms with Gasteiger partial charge in [-0.05, 0) is 17.7 Å². The first-order valence-electron chi connectivity index (χ1n) is 6.90. The number of halogens is 1. The second-order valence-electron chi connectivity index (χ2n) is 4.89. The van der Waals surface area contributed by atoms with Crippen LogP contribution in [0.3, 0.4) is 0 Å². The quantitative estimate of drug-likeness (QED) is 0.920. The summed E-state index contributed by atoms with van der Waals surface area (Å²) >= 11 is 6.00. The van der Waals surface area contributed by atoms with Gasteiger partial charge in [-0.25, -0.2) is 0 Å². The van der Waals surface area contributed by atoms with Crippen LogP contribution in [0.4, 0.5) is 5.69 Å². The predicted molar refractivity (Wildman–Crippen MR) is 87.6 cm³/mol. The zero-order valence-corrected chi connectivity index (χ0v) is 13.0. The molecule has 0 aliphatic rings. The van der Waals surface area contributed by atoms with Crippen molar-refractivity contribution in [2.24, 2.45) is 0 Å². The van der Waals surface area contributed by atoms with Crippen LogP contribution in [-0.2, 0) is 16.1 Å². The number of nitrogens with one attached hydrogen (secondary N) is 1. The number of rotatable bonds is 5. The van der Waals surface area contributed by atoms with Gasteiger partial charge in [0.05, 0.1) is 10.7 Å². The van der Waals surface area contributed by atoms with Crippen molar-refractivity contribution >= 4 is 29.1 Å². The smallest absolute Gasteiger partial charge is 0.244 e. The molecule has 0 heterocycles. The van der Waals surface area contributed by atoms with E-state index < -0.39 is 0 Å². The summed E-state index contributed by atoms with van der Waals surface area (Å²) in [5, 5.41) is 3.18. The molecule has 0 aliphatic heterocycles. The lowest BCUT2D eigenvalue weighted by atomic mass is 10.2. The summed E-state index contributed by atoms with van der Waals surface area (Å²) in [6.45, 7) is 1.83. The summed E-state index contributed by atoms with van der Waals surface area (Å²) in [6, 6.07) is 16.5. The largest absolute Gasteiger partial charge is 0.329 e. The van der Waals surface area contributed by atoms with E-state index in [1.807, 2.05) is 30.3 Å². The van der Waals surface area contributed by atoms with E-state index in [4.69, 9.17) is 11.6 Å². The van der Waals surface area contributed by atoms with Crippen LogP contribution >= 0.6 is 11.6 Å². The van der Waals surface area contributed by atoms with Crippen LogP contribution in [-0.4, -0.2) is 23.3 Å². The van der Waals surface area contributed by atoms with Crippen molar-refractivity contribution in [2.75, 3.05) is 11.9 Å². The first kappa shape index (κ1) is 16.0. The Morgan fingerprint density at radius 1 is 1.05 bits per heavy atom. The fraction of sp³-hybridized carbons (Fsp3) is 0.176. The fourth-order valence-electron chi connectivity index (χ4n) is 2.01. The first-order chi connectivity index (χ1) is 10.6. The number of benzene rings is 2. The van der Waals surface area contributed by atoms with Crippen molar-refractivity contribution in [1.82, 2.24) is 4.90 Å². The highest BCUT2D eigenvalue weighted by Crippen LogP contribution is 2.20. The number of carbonyl (C=O) groups excluding carboxylic acids is 2. The molecular weight excluding hydrogens is 300 g/mol. The Bertz CT molecular complexity index is 659. The van der Waals surface area contributed by atoms with Crippen LogP contribution in [0.15, 0.2) is 54.6 Å². The molecule has 0 atom stereocenters. The van der Waals surface area contributed by atoms with Crippen LogP contribution in [0.1, 0.15) is 12.5 Å². The maximum absolute atomic E-state index is 12.1. The molecule has 0 spiro atoms. The van der Waals surface area contributed by atoms with E-state index in [9.17, 15) is 9.59 Å². The van der Waals surface area contributed by atoms with Gasteiger partial charge >= 0.3 is 0 Å². The van der Waals surface area contributed by atoms with Gasteiger partial charge < -0.3 is 10.2 Å². The summed E-state index contributed by atoms with van der Waals surface area (Å²) in [5.74, 6) is -0.433. The number of hydrogen-bond donors (Lipinski definition) is 1. The van der Waals surface area contributed by atoms with Gasteiger partial charge in [0.25, 0.3) is 0 Å². The Kier molecular flexibility index (Phi) is 5.55. The van der Waals surface area contributed by atoms with Crippen molar-refractivity contribution in [3.8, 4) is 0 Å². The third-order valence-electron chi connectivity index (χ3n) is 3.14. The van der Waals surface area contributed by atoms with Gasteiger partial charge in [-0.3, -0.25) is 9.59 Å². The average Bonchev–Trinajstić information content (AvgIpc) is 2.50. The Balaban J connectivity index is 2.00. The predicted octanol–water partition coefficient (Wildman–Crippen LogP) is 3.33. The molecule has 2 amide bonds. The molecule has 2 aromatic rings. The van der Waals surface area contributed by atoms with Crippen molar-refractivity contribution in [3.05, 3.63) is 65.2 Å². The van der Waals surface area contributed by atoms with E-state index in [0.717, 1.165) is 5.56 Å². The van der Waals surface area contributed by atoms with Crippen molar-refractivity contribution < 1.29 is 9.59 Å². The number of nitrogens with zero attached hydrogens (tertiary/aromatic N) is 1. The first-order valence-corrected chi connectivity index (χ1v) is 7.28. The zero-order chi connectivity index (χ0) is 15.9. The number of para-hydroxylation sites is 1. The molecule has 1 N–H and O–H groups in total. The minimum Gasteiger partial charge on any atom is -0.329 e. The summed E-state index contributed by atoms with van der Waals surface area (Å²) in [6.07, 6.45) is 0. The molecule has 2 rings (SSSR count). The van der Waals surface area contributed by atoms with Crippen LogP contribution in [0.25, 0.3) is 0 Å². The highest BCUT2D eigenvalue weighted by atomic mass is 35.5. The summed E-state index contributed by atoms with van der Waals surface area (Å²) in [7, 11) is 0. The third kappa shape index (κ3) is 4.60. The van der Waals surface area contributed by atoms with Crippen molar-refractivity contribution in [3.63, 3.8) is 0 Å². The highest BCUT2D eigenvalue weighted by molar-refractivity contribution is 6.33. The van der Waals surface area contributed by atoms with Gasteiger partial charge in [0.15, 0.2) is 0 Å². The normalized spacial score (nSPS) is 10.1. The lowest BCUT2D eigenvalue weighted by Gasteiger charge is -2.20. The highest BCUT2D eigenvalue weighted by Gasteiger charge is 2.14. The maximum atomic E-state index is 12.1. The van der Waals surface area contributed by atoms with Gasteiger partial charge in [0.1, 0.15) is 6.54 Å². The Hall–Kier alpha value is -2.33. The van der Waals surface area contributed by atoms with Gasteiger partial charge in [0, 0.05) is 13.5 Å². The molecule has 0 unspecified atom stereocenters. The van der Waals surface area contributed by atoms with Gasteiger partial charge in [-0.1, -0.05) is 54.1 Å². The van der Waals surface area contributed by atoms with Crippen LogP contribution < -0.4 is 5.32 Å². The third-order valence-corrected chi connectivity index (χ3v) is 3.47. The van der Waals surface area contributed by atoms with E-state index in [0.29, 0.717) is 17.3 Å². The molecular formula is C17H17ClN2O2. The van der Waals surface area contributed by atoms with Gasteiger partial charge in [-0.2, -0.15) is 0 Å². The summed E-state index contributed by atoms with van der Waals surface area (Å²) in [5.41, 5.74) is 1.51. The van der Waals surface area contributed by atoms with Crippen LogP contribution in [0.5, 0.6) is 0 Å². The monoisotopic (exact) mass is 316 g/mol. The molecule has 0 radical (unpaired) electrons. The number of amides is 2. The maximum Gasteiger partial charge on any atom is 0.244 e. The molecule has 5 heteroatoms. The summed E-state index contributed by atoms with van der Waals surface area (Å²) in [4.78, 5) is 25.3. The minimum atomic E-state index is -0.278. The molecule has 4 nitrogen and oxygen atoms in total. The number of carbonyl (C=O) groups is 2. The van der Waals surface area contributed by atoms with Gasteiger partial charge in [0.2, 0.25) is 11.8 Å². The molecule has 114 valence electrons. The minimum absolute atomic E-state index is 0.0184. The molecule has 2 aromatic carbocycles. The average molecular weight is 317 g/mol. The molecule has 0 saturated heterocycles. The lowest BCUT2D eigenvalue weighted by molar-refractivity contribution is -0.133. The zero-order valence-electron chi connectivity index (χ0n) is 12.3. The second kappa shape index (κ2) is 7.61. The summed E-state index contributed by atoms with van der Waals surface area (Å²) < 4.78 is 0.